The highest BCUT2D eigenvalue weighted by atomic mass is 32.3. The van der Waals surface area contributed by atoms with E-state index in [9.17, 15) is 28.8 Å². The summed E-state index contributed by atoms with van der Waals surface area (Å²) in [5.41, 5.74) is -0.179. The molecule has 0 amide bonds. The zero-order chi connectivity index (χ0) is 26.5. The van der Waals surface area contributed by atoms with Gasteiger partial charge in [0.1, 0.15) is 0 Å². The van der Waals surface area contributed by atoms with Crippen molar-refractivity contribution in [2.24, 2.45) is 52.3 Å². The number of fused-ring (bicyclic) bond motifs is 5. The molecule has 36 heavy (non-hydrogen) atoms. The second-order valence-corrected chi connectivity index (χ2v) is 14.3. The van der Waals surface area contributed by atoms with Crippen molar-refractivity contribution in [1.82, 2.24) is 0 Å². The van der Waals surface area contributed by atoms with Crippen LogP contribution in [0.4, 0.5) is 0 Å². The standard InChI is InChI=1S/C27H48O8S/c1-16(5-4-6-17(14-28)15-35-36(32,33)34)20-7-8-21-25-22(13-24(31)27(20,21)3)26(2)10-9-19(29)11-18(26)12-23(25)30/h16-25,28-31H,4-15H2,1-3H3,(H,32,33,34)/t16-,17+,18+,19+,20+,21-,22-,23+,24-,25-,26-,27+/m0/s1. The monoisotopic (exact) mass is 532 g/mol. The Morgan fingerprint density at radius 3 is 2.39 bits per heavy atom. The largest absolute Gasteiger partial charge is 0.397 e. The van der Waals surface area contributed by atoms with Crippen molar-refractivity contribution < 1.29 is 37.6 Å². The second-order valence-electron chi connectivity index (χ2n) is 13.2. The third-order valence-electron chi connectivity index (χ3n) is 11.5. The lowest BCUT2D eigenvalue weighted by Gasteiger charge is -2.63. The fourth-order valence-corrected chi connectivity index (χ4v) is 9.84. The topological polar surface area (TPSA) is 145 Å². The number of hydrogen-bond donors (Lipinski definition) is 5. The fourth-order valence-electron chi connectivity index (χ4n) is 9.47. The average molecular weight is 533 g/mol. The molecule has 4 fully saturated rings. The minimum Gasteiger partial charge on any atom is -0.396 e. The van der Waals surface area contributed by atoms with Crippen molar-refractivity contribution in [3.8, 4) is 0 Å². The van der Waals surface area contributed by atoms with Crippen LogP contribution in [0.1, 0.15) is 85.0 Å². The molecule has 8 nitrogen and oxygen atoms in total. The lowest BCUT2D eigenvalue weighted by atomic mass is 9.43. The Morgan fingerprint density at radius 1 is 1.00 bits per heavy atom. The Bertz CT molecular complexity index is 866. The highest BCUT2D eigenvalue weighted by Crippen LogP contribution is 2.68. The highest BCUT2D eigenvalue weighted by molar-refractivity contribution is 7.80. The summed E-state index contributed by atoms with van der Waals surface area (Å²) in [5.74, 6) is 1.42. The summed E-state index contributed by atoms with van der Waals surface area (Å²) in [6.45, 7) is 6.39. The predicted octanol–water partition coefficient (Wildman–Crippen LogP) is 3.18. The van der Waals surface area contributed by atoms with Crippen LogP contribution in [0.5, 0.6) is 0 Å². The molecule has 5 N–H and O–H groups in total. The molecule has 0 aromatic heterocycles. The van der Waals surface area contributed by atoms with E-state index < -0.39 is 16.5 Å². The Hall–Kier alpha value is -0.290. The molecule has 0 spiro atoms. The first-order valence-electron chi connectivity index (χ1n) is 14.1. The molecular weight excluding hydrogens is 484 g/mol. The van der Waals surface area contributed by atoms with E-state index in [0.717, 1.165) is 57.8 Å². The normalized spacial score (nSPS) is 46.4. The molecule has 210 valence electrons. The lowest BCUT2D eigenvalue weighted by Crippen LogP contribution is -2.62. The van der Waals surface area contributed by atoms with Crippen molar-refractivity contribution in [3.05, 3.63) is 0 Å². The smallest absolute Gasteiger partial charge is 0.396 e. The Morgan fingerprint density at radius 2 is 1.72 bits per heavy atom. The first kappa shape index (κ1) is 28.7. The van der Waals surface area contributed by atoms with Crippen molar-refractivity contribution in [3.63, 3.8) is 0 Å². The minimum absolute atomic E-state index is 0.0680. The summed E-state index contributed by atoms with van der Waals surface area (Å²) < 4.78 is 34.9. The number of rotatable bonds is 9. The van der Waals surface area contributed by atoms with Crippen molar-refractivity contribution in [2.45, 2.75) is 103 Å². The van der Waals surface area contributed by atoms with Gasteiger partial charge in [0.25, 0.3) is 0 Å². The van der Waals surface area contributed by atoms with Crippen molar-refractivity contribution >= 4 is 10.4 Å². The third-order valence-corrected chi connectivity index (χ3v) is 11.9. The summed E-state index contributed by atoms with van der Waals surface area (Å²) in [6.07, 6.45) is 7.30. The van der Waals surface area contributed by atoms with Gasteiger partial charge >= 0.3 is 10.4 Å². The number of hydrogen-bond acceptors (Lipinski definition) is 7. The van der Waals surface area contributed by atoms with Gasteiger partial charge in [-0.1, -0.05) is 33.6 Å². The van der Waals surface area contributed by atoms with Gasteiger partial charge in [-0.15, -0.1) is 0 Å². The quantitative estimate of drug-likeness (QED) is 0.285. The van der Waals surface area contributed by atoms with E-state index in [1.165, 1.54) is 0 Å². The van der Waals surface area contributed by atoms with Gasteiger partial charge in [0.2, 0.25) is 0 Å². The van der Waals surface area contributed by atoms with Crippen molar-refractivity contribution in [2.75, 3.05) is 13.2 Å². The molecule has 12 atom stereocenters. The first-order valence-corrected chi connectivity index (χ1v) is 15.4. The van der Waals surface area contributed by atoms with Gasteiger partial charge in [-0.2, -0.15) is 8.42 Å². The molecule has 9 heteroatoms. The molecule has 0 radical (unpaired) electrons. The van der Waals surface area contributed by atoms with Gasteiger partial charge in [0.05, 0.1) is 24.9 Å². The zero-order valence-electron chi connectivity index (χ0n) is 22.1. The van der Waals surface area contributed by atoms with E-state index in [0.29, 0.717) is 24.2 Å². The van der Waals surface area contributed by atoms with Crippen LogP contribution in [0.25, 0.3) is 0 Å². The van der Waals surface area contributed by atoms with E-state index in [-0.39, 0.29) is 59.9 Å². The summed E-state index contributed by atoms with van der Waals surface area (Å²) in [6, 6.07) is 0. The van der Waals surface area contributed by atoms with E-state index in [1.54, 1.807) is 0 Å². The molecule has 0 saturated heterocycles. The average Bonchev–Trinajstić information content (AvgIpc) is 3.16. The molecule has 0 bridgehead atoms. The zero-order valence-corrected chi connectivity index (χ0v) is 22.9. The summed E-state index contributed by atoms with van der Waals surface area (Å²) in [4.78, 5) is 0. The molecule has 4 aliphatic rings. The molecule has 0 unspecified atom stereocenters. The molecule has 0 aromatic carbocycles. The molecule has 0 aliphatic heterocycles. The maximum Gasteiger partial charge on any atom is 0.397 e. The Kier molecular flexibility index (Phi) is 8.53. The van der Waals surface area contributed by atoms with Gasteiger partial charge in [0, 0.05) is 12.5 Å². The van der Waals surface area contributed by atoms with Crippen LogP contribution in [0.2, 0.25) is 0 Å². The maximum absolute atomic E-state index is 11.7. The van der Waals surface area contributed by atoms with Gasteiger partial charge in [-0.25, -0.2) is 4.18 Å². The highest BCUT2D eigenvalue weighted by Gasteiger charge is 2.65. The molecule has 4 rings (SSSR count). The Balaban J connectivity index is 1.42. The van der Waals surface area contributed by atoms with Gasteiger partial charge in [-0.3, -0.25) is 4.55 Å². The molecule has 0 heterocycles. The van der Waals surface area contributed by atoms with Crippen LogP contribution < -0.4 is 0 Å². The predicted molar refractivity (Wildman–Crippen MR) is 135 cm³/mol. The first-order chi connectivity index (χ1) is 16.8. The maximum atomic E-state index is 11.7. The summed E-state index contributed by atoms with van der Waals surface area (Å²) in [7, 11) is -4.51. The Labute approximate surface area is 216 Å². The SMILES string of the molecule is C[C@@H](CCC[C@H](CO)COS(=O)(=O)O)[C@H]1CC[C@H]2[C@@H]3[C@H](O)C[C@H]4C[C@H](O)CC[C@]4(C)[C@H]3C[C@H](O)[C@]12C. The molecule has 4 saturated carbocycles. The minimum atomic E-state index is -4.51. The molecule has 0 aromatic rings. The van der Waals surface area contributed by atoms with Crippen molar-refractivity contribution in [1.29, 1.82) is 0 Å². The third kappa shape index (κ3) is 5.27. The van der Waals surface area contributed by atoms with Gasteiger partial charge in [-0.05, 0) is 97.7 Å². The molecule has 4 aliphatic carbocycles. The lowest BCUT2D eigenvalue weighted by molar-refractivity contribution is -0.207. The van der Waals surface area contributed by atoms with Crippen LogP contribution in [0.15, 0.2) is 0 Å². The van der Waals surface area contributed by atoms with Crippen LogP contribution in [0, 0.1) is 52.3 Å². The number of aliphatic hydroxyl groups is 4. The van der Waals surface area contributed by atoms with E-state index in [1.807, 2.05) is 0 Å². The second kappa shape index (κ2) is 10.7. The van der Waals surface area contributed by atoms with Gasteiger partial charge < -0.3 is 20.4 Å². The fraction of sp³-hybridized carbons (Fsp3) is 1.00. The van der Waals surface area contributed by atoms with Gasteiger partial charge in [0.15, 0.2) is 0 Å². The van der Waals surface area contributed by atoms with Crippen LogP contribution in [-0.2, 0) is 14.6 Å². The number of aliphatic hydroxyl groups excluding tert-OH is 4. The summed E-state index contributed by atoms with van der Waals surface area (Å²) in [5, 5.41) is 42.9. The van der Waals surface area contributed by atoms with Crippen LogP contribution in [0.3, 0.4) is 0 Å². The van der Waals surface area contributed by atoms with Crippen LogP contribution >= 0.6 is 0 Å². The van der Waals surface area contributed by atoms with E-state index in [2.05, 4.69) is 25.0 Å². The van der Waals surface area contributed by atoms with E-state index in [4.69, 9.17) is 4.55 Å². The summed E-state index contributed by atoms with van der Waals surface area (Å²) >= 11 is 0. The molecular formula is C27H48O8S. The van der Waals surface area contributed by atoms with E-state index >= 15 is 0 Å². The van der Waals surface area contributed by atoms with Crippen LogP contribution in [-0.4, -0.2) is 64.9 Å².